The highest BCUT2D eigenvalue weighted by Crippen LogP contribution is 2.24. The highest BCUT2D eigenvalue weighted by Gasteiger charge is 2.14. The van der Waals surface area contributed by atoms with Gasteiger partial charge in [-0.05, 0) is 25.0 Å². The van der Waals surface area contributed by atoms with Crippen molar-refractivity contribution in [2.24, 2.45) is 0 Å². The molecule has 1 aromatic rings. The summed E-state index contributed by atoms with van der Waals surface area (Å²) < 4.78 is 27.7. The van der Waals surface area contributed by atoms with Crippen LogP contribution in [0.25, 0.3) is 0 Å². The Morgan fingerprint density at radius 1 is 1.40 bits per heavy atom. The van der Waals surface area contributed by atoms with Gasteiger partial charge in [0.25, 0.3) is 9.05 Å². The van der Waals surface area contributed by atoms with Gasteiger partial charge in [0.05, 0.1) is 11.5 Å². The Bertz CT molecular complexity index is 440. The van der Waals surface area contributed by atoms with Gasteiger partial charge in [-0.2, -0.15) is 0 Å². The normalized spacial score (nSPS) is 11.4. The third-order valence-electron chi connectivity index (χ3n) is 1.90. The molecule has 0 radical (unpaired) electrons. The van der Waals surface area contributed by atoms with Crippen molar-refractivity contribution in [3.8, 4) is 5.75 Å². The first-order valence-electron chi connectivity index (χ1n) is 4.63. The van der Waals surface area contributed by atoms with Crippen molar-refractivity contribution < 1.29 is 13.2 Å². The van der Waals surface area contributed by atoms with Crippen molar-refractivity contribution in [2.45, 2.75) is 25.2 Å². The maximum Gasteiger partial charge on any atom is 0.261 e. The van der Waals surface area contributed by atoms with E-state index in [0.29, 0.717) is 17.9 Å². The van der Waals surface area contributed by atoms with E-state index in [4.69, 9.17) is 15.4 Å². The van der Waals surface area contributed by atoms with Crippen molar-refractivity contribution in [1.29, 1.82) is 0 Å². The molecule has 3 nitrogen and oxygen atoms in total. The molecule has 0 bridgehead atoms. The standard InChI is InChI=1S/C10H13ClO3S/c1-3-6-14-9-5-4-8(2)10(7-9)15(11,12)13/h4-5,7H,3,6H2,1-2H3. The van der Waals surface area contributed by atoms with Crippen LogP contribution in [0.3, 0.4) is 0 Å². The molecule has 5 heteroatoms. The van der Waals surface area contributed by atoms with Gasteiger partial charge in [0.1, 0.15) is 5.75 Å². The lowest BCUT2D eigenvalue weighted by Gasteiger charge is -2.07. The lowest BCUT2D eigenvalue weighted by atomic mass is 10.2. The molecule has 0 aromatic heterocycles. The van der Waals surface area contributed by atoms with Crippen molar-refractivity contribution in [3.05, 3.63) is 23.8 Å². The third-order valence-corrected chi connectivity index (χ3v) is 3.36. The van der Waals surface area contributed by atoms with E-state index in [1.807, 2.05) is 6.92 Å². The van der Waals surface area contributed by atoms with Gasteiger partial charge in [0, 0.05) is 16.7 Å². The molecule has 84 valence electrons. The molecule has 0 N–H and O–H groups in total. The summed E-state index contributed by atoms with van der Waals surface area (Å²) in [6.45, 7) is 4.23. The lowest BCUT2D eigenvalue weighted by molar-refractivity contribution is 0.316. The predicted molar refractivity (Wildman–Crippen MR) is 60.0 cm³/mol. The van der Waals surface area contributed by atoms with E-state index in [2.05, 4.69) is 0 Å². The molecule has 0 saturated heterocycles. The molecule has 0 fully saturated rings. The first-order chi connectivity index (χ1) is 6.95. The number of halogens is 1. The summed E-state index contributed by atoms with van der Waals surface area (Å²) >= 11 is 0. The number of hydrogen-bond acceptors (Lipinski definition) is 3. The maximum absolute atomic E-state index is 11.2. The summed E-state index contributed by atoms with van der Waals surface area (Å²) in [5, 5.41) is 0. The van der Waals surface area contributed by atoms with Crippen LogP contribution in [-0.4, -0.2) is 15.0 Å². The van der Waals surface area contributed by atoms with Crippen LogP contribution in [0.5, 0.6) is 5.75 Å². The zero-order valence-electron chi connectivity index (χ0n) is 8.66. The second-order valence-electron chi connectivity index (χ2n) is 3.21. The molecule has 1 rings (SSSR count). The van der Waals surface area contributed by atoms with E-state index in [9.17, 15) is 8.42 Å². The average Bonchev–Trinajstić information content (AvgIpc) is 2.15. The zero-order valence-corrected chi connectivity index (χ0v) is 10.2. The zero-order chi connectivity index (χ0) is 11.5. The second-order valence-corrected chi connectivity index (χ2v) is 5.75. The Morgan fingerprint density at radius 3 is 2.60 bits per heavy atom. The predicted octanol–water partition coefficient (Wildman–Crippen LogP) is 2.71. The van der Waals surface area contributed by atoms with Crippen molar-refractivity contribution in [2.75, 3.05) is 6.61 Å². The first-order valence-corrected chi connectivity index (χ1v) is 6.94. The smallest absolute Gasteiger partial charge is 0.261 e. The highest BCUT2D eigenvalue weighted by atomic mass is 35.7. The Labute approximate surface area is 94.4 Å². The quantitative estimate of drug-likeness (QED) is 0.770. The van der Waals surface area contributed by atoms with E-state index in [-0.39, 0.29) is 4.90 Å². The van der Waals surface area contributed by atoms with Gasteiger partial charge in [0.15, 0.2) is 0 Å². The van der Waals surface area contributed by atoms with Crippen LogP contribution in [0, 0.1) is 6.92 Å². The van der Waals surface area contributed by atoms with Gasteiger partial charge in [-0.1, -0.05) is 13.0 Å². The number of aryl methyl sites for hydroxylation is 1. The summed E-state index contributed by atoms with van der Waals surface area (Å²) in [7, 11) is 1.60. The minimum absolute atomic E-state index is 0.109. The summed E-state index contributed by atoms with van der Waals surface area (Å²) in [6, 6.07) is 4.87. The van der Waals surface area contributed by atoms with Crippen LogP contribution in [0.15, 0.2) is 23.1 Å². The lowest BCUT2D eigenvalue weighted by Crippen LogP contribution is -1.99. The molecular weight excluding hydrogens is 236 g/mol. The van der Waals surface area contributed by atoms with Crippen molar-refractivity contribution in [1.82, 2.24) is 0 Å². The van der Waals surface area contributed by atoms with Gasteiger partial charge in [-0.15, -0.1) is 0 Å². The molecule has 1 aromatic carbocycles. The highest BCUT2D eigenvalue weighted by molar-refractivity contribution is 8.13. The summed E-state index contributed by atoms with van der Waals surface area (Å²) in [5.74, 6) is 0.529. The molecule has 0 aliphatic carbocycles. The molecule has 15 heavy (non-hydrogen) atoms. The average molecular weight is 249 g/mol. The van der Waals surface area contributed by atoms with Crippen LogP contribution in [0.2, 0.25) is 0 Å². The second kappa shape index (κ2) is 4.86. The minimum Gasteiger partial charge on any atom is -0.494 e. The molecule has 0 spiro atoms. The fourth-order valence-electron chi connectivity index (χ4n) is 1.15. The SMILES string of the molecule is CCCOc1ccc(C)c(S(=O)(=O)Cl)c1. The third kappa shape index (κ3) is 3.39. The number of rotatable bonds is 4. The molecule has 0 saturated carbocycles. The Hall–Kier alpha value is -0.740. The number of hydrogen-bond donors (Lipinski definition) is 0. The Morgan fingerprint density at radius 2 is 2.07 bits per heavy atom. The summed E-state index contributed by atoms with van der Waals surface area (Å²) in [4.78, 5) is 0.109. The van der Waals surface area contributed by atoms with Crippen LogP contribution in [-0.2, 0) is 9.05 Å². The molecule has 0 heterocycles. The Balaban J connectivity index is 3.06. The van der Waals surface area contributed by atoms with Gasteiger partial charge in [-0.3, -0.25) is 0 Å². The van der Waals surface area contributed by atoms with Gasteiger partial charge in [0.2, 0.25) is 0 Å². The van der Waals surface area contributed by atoms with E-state index in [0.717, 1.165) is 6.42 Å². The minimum atomic E-state index is -3.69. The van der Waals surface area contributed by atoms with Crippen molar-refractivity contribution in [3.63, 3.8) is 0 Å². The first kappa shape index (κ1) is 12.3. The summed E-state index contributed by atoms with van der Waals surface area (Å²) in [5.41, 5.74) is 0.619. The molecule has 0 unspecified atom stereocenters. The molecule has 0 atom stereocenters. The fraction of sp³-hybridized carbons (Fsp3) is 0.400. The van der Waals surface area contributed by atoms with Crippen LogP contribution >= 0.6 is 10.7 Å². The summed E-state index contributed by atoms with van der Waals surface area (Å²) in [6.07, 6.45) is 0.872. The van der Waals surface area contributed by atoms with E-state index in [1.54, 1.807) is 19.1 Å². The molecule has 0 amide bonds. The van der Waals surface area contributed by atoms with Crippen LogP contribution in [0.4, 0.5) is 0 Å². The largest absolute Gasteiger partial charge is 0.494 e. The van der Waals surface area contributed by atoms with Gasteiger partial charge in [-0.25, -0.2) is 8.42 Å². The topological polar surface area (TPSA) is 43.4 Å². The number of benzene rings is 1. The van der Waals surface area contributed by atoms with Crippen LogP contribution < -0.4 is 4.74 Å². The monoisotopic (exact) mass is 248 g/mol. The maximum atomic E-state index is 11.2. The Kier molecular flexibility index (Phi) is 3.99. The van der Waals surface area contributed by atoms with Gasteiger partial charge >= 0.3 is 0 Å². The van der Waals surface area contributed by atoms with Crippen molar-refractivity contribution >= 4 is 19.7 Å². The van der Waals surface area contributed by atoms with E-state index >= 15 is 0 Å². The fourth-order valence-corrected chi connectivity index (χ4v) is 2.36. The molecule has 0 aliphatic heterocycles. The van der Waals surface area contributed by atoms with Gasteiger partial charge < -0.3 is 4.74 Å². The molecular formula is C10H13ClO3S. The number of ether oxygens (including phenoxy) is 1. The molecule has 0 aliphatic rings. The van der Waals surface area contributed by atoms with Crippen LogP contribution in [0.1, 0.15) is 18.9 Å². The van der Waals surface area contributed by atoms with E-state index in [1.165, 1.54) is 6.07 Å². The van der Waals surface area contributed by atoms with E-state index < -0.39 is 9.05 Å².